The van der Waals surface area contributed by atoms with Gasteiger partial charge in [-0.25, -0.2) is 4.18 Å². The SMILES string of the molecule is CC(=O)N[C@H]1C(O)O[C@H](COS(=O)(=O)O)[C@@H](O[C@@H]2O[C@H](CO)[C@H](O)[C@H](O)[C@H]2O[C@@H]2O[C@@H](C)[C@@H](O)[C@@H](O)[C@@H]2O)[C@@H]1O. The maximum Gasteiger partial charge on any atom is 0.397 e. The van der Waals surface area contributed by atoms with E-state index in [-0.39, 0.29) is 0 Å². The third kappa shape index (κ3) is 7.60. The summed E-state index contributed by atoms with van der Waals surface area (Å²) in [4.78, 5) is 11.6. The van der Waals surface area contributed by atoms with Crippen LogP contribution in [0.15, 0.2) is 0 Å². The molecule has 3 aliphatic heterocycles. The van der Waals surface area contributed by atoms with E-state index in [4.69, 9.17) is 28.2 Å². The molecule has 15 atom stereocenters. The zero-order chi connectivity index (χ0) is 30.1. The first kappa shape index (κ1) is 33.3. The fourth-order valence-corrected chi connectivity index (χ4v) is 4.83. The molecule has 0 saturated carbocycles. The van der Waals surface area contributed by atoms with Crippen molar-refractivity contribution in [1.82, 2.24) is 5.32 Å². The smallest absolute Gasteiger partial charge is 0.394 e. The van der Waals surface area contributed by atoms with E-state index in [1.807, 2.05) is 0 Å². The highest BCUT2D eigenvalue weighted by molar-refractivity contribution is 7.80. The van der Waals surface area contributed by atoms with Crippen LogP contribution in [0, 0.1) is 0 Å². The van der Waals surface area contributed by atoms with Crippen molar-refractivity contribution >= 4 is 16.3 Å². The number of rotatable bonds is 9. The molecule has 1 amide bonds. The first-order valence-electron chi connectivity index (χ1n) is 12.1. The zero-order valence-electron chi connectivity index (χ0n) is 21.2. The molecule has 20 heteroatoms. The van der Waals surface area contributed by atoms with Crippen LogP contribution in [0.2, 0.25) is 0 Å². The van der Waals surface area contributed by atoms with E-state index < -0.39 is 122 Å². The van der Waals surface area contributed by atoms with Crippen molar-refractivity contribution in [1.29, 1.82) is 0 Å². The number of aliphatic hydroxyl groups is 8. The lowest BCUT2D eigenvalue weighted by Crippen LogP contribution is -2.68. The summed E-state index contributed by atoms with van der Waals surface area (Å²) in [5, 5.41) is 84.6. The van der Waals surface area contributed by atoms with Crippen LogP contribution in [0.4, 0.5) is 0 Å². The number of hydrogen-bond donors (Lipinski definition) is 10. The second-order valence-electron chi connectivity index (χ2n) is 9.58. The molecule has 0 aromatic heterocycles. The Morgan fingerprint density at radius 1 is 0.800 bits per heavy atom. The predicted molar refractivity (Wildman–Crippen MR) is 122 cm³/mol. The first-order chi connectivity index (χ1) is 18.5. The van der Waals surface area contributed by atoms with Crippen LogP contribution in [0.1, 0.15) is 13.8 Å². The highest BCUT2D eigenvalue weighted by Gasteiger charge is 2.54. The lowest BCUT2D eigenvalue weighted by Gasteiger charge is -2.48. The molecule has 0 aliphatic carbocycles. The van der Waals surface area contributed by atoms with Gasteiger partial charge >= 0.3 is 10.4 Å². The number of ether oxygens (including phenoxy) is 5. The quantitative estimate of drug-likeness (QED) is 0.109. The molecule has 3 saturated heterocycles. The molecular formula is C20H35NO18S. The average molecular weight is 610 g/mol. The lowest BCUT2D eigenvalue weighted by atomic mass is 9.95. The Balaban J connectivity index is 1.91. The Labute approximate surface area is 227 Å². The standard InChI is InChI=1S/C20H35NO18S/c1-5-10(24)13(27)15(29)19(35-5)39-17-14(28)11(25)7(3-22)37-20(17)38-16-8(4-34-40(31,32)33)36-18(30)9(12(16)26)21-6(2)23/h5,7-20,22,24-30H,3-4H2,1-2H3,(H,21,23)(H,31,32,33)/t5-,7+,8+,9+,10+,11-,12+,13+,14-,15-,16+,17+,18?,19-,20-/m0/s1. The van der Waals surface area contributed by atoms with Gasteiger partial charge in [-0.05, 0) is 6.92 Å². The Morgan fingerprint density at radius 3 is 2.00 bits per heavy atom. The number of aliphatic hydroxyl groups excluding tert-OH is 8. The predicted octanol–water partition coefficient (Wildman–Crippen LogP) is -6.57. The van der Waals surface area contributed by atoms with E-state index in [9.17, 15) is 54.1 Å². The fraction of sp³-hybridized carbons (Fsp3) is 0.950. The summed E-state index contributed by atoms with van der Waals surface area (Å²) in [7, 11) is -5.05. The van der Waals surface area contributed by atoms with Crippen LogP contribution < -0.4 is 5.32 Å². The minimum Gasteiger partial charge on any atom is -0.394 e. The number of amides is 1. The Kier molecular flexibility index (Phi) is 11.2. The largest absolute Gasteiger partial charge is 0.397 e. The number of carbonyl (C=O) groups excluding carboxylic acids is 1. The van der Waals surface area contributed by atoms with Crippen LogP contribution >= 0.6 is 0 Å². The molecule has 0 aromatic rings. The second kappa shape index (κ2) is 13.4. The third-order valence-electron chi connectivity index (χ3n) is 6.66. The van der Waals surface area contributed by atoms with Crippen molar-refractivity contribution < 1.29 is 86.5 Å². The third-order valence-corrected chi connectivity index (χ3v) is 7.09. The first-order valence-corrected chi connectivity index (χ1v) is 13.5. The van der Waals surface area contributed by atoms with Gasteiger partial charge in [-0.15, -0.1) is 0 Å². The minimum atomic E-state index is -5.05. The number of hydrogen-bond acceptors (Lipinski definition) is 17. The van der Waals surface area contributed by atoms with Crippen LogP contribution in [-0.4, -0.2) is 165 Å². The molecule has 3 aliphatic rings. The van der Waals surface area contributed by atoms with Crippen molar-refractivity contribution in [3.8, 4) is 0 Å². The van der Waals surface area contributed by atoms with E-state index in [2.05, 4.69) is 9.50 Å². The summed E-state index contributed by atoms with van der Waals surface area (Å²) in [5.74, 6) is -0.717. The topological polar surface area (TPSA) is 301 Å². The van der Waals surface area contributed by atoms with E-state index >= 15 is 0 Å². The van der Waals surface area contributed by atoms with Crippen molar-refractivity contribution in [3.05, 3.63) is 0 Å². The summed E-state index contributed by atoms with van der Waals surface area (Å²) in [6, 6.07) is -1.56. The summed E-state index contributed by atoms with van der Waals surface area (Å²) >= 11 is 0. The van der Waals surface area contributed by atoms with Gasteiger partial charge in [0.25, 0.3) is 0 Å². The van der Waals surface area contributed by atoms with Gasteiger partial charge in [0.1, 0.15) is 67.1 Å². The van der Waals surface area contributed by atoms with Gasteiger partial charge < -0.3 is 69.9 Å². The fourth-order valence-electron chi connectivity index (χ4n) is 4.53. The van der Waals surface area contributed by atoms with Crippen LogP contribution in [0.25, 0.3) is 0 Å². The van der Waals surface area contributed by atoms with Crippen LogP contribution in [-0.2, 0) is 43.1 Å². The molecule has 0 aromatic carbocycles. The number of carbonyl (C=O) groups is 1. The molecule has 40 heavy (non-hydrogen) atoms. The summed E-state index contributed by atoms with van der Waals surface area (Å²) in [6.07, 6.45) is -24.1. The van der Waals surface area contributed by atoms with Gasteiger partial charge in [-0.2, -0.15) is 8.42 Å². The Bertz CT molecular complexity index is 956. The molecule has 0 bridgehead atoms. The molecule has 3 fully saturated rings. The van der Waals surface area contributed by atoms with Crippen molar-refractivity contribution in [2.75, 3.05) is 13.2 Å². The van der Waals surface area contributed by atoms with E-state index in [0.717, 1.165) is 6.92 Å². The minimum absolute atomic E-state index is 0.717. The maximum absolute atomic E-state index is 11.6. The summed E-state index contributed by atoms with van der Waals surface area (Å²) < 4.78 is 62.9. The zero-order valence-corrected chi connectivity index (χ0v) is 22.0. The van der Waals surface area contributed by atoms with Gasteiger partial charge in [0.15, 0.2) is 18.9 Å². The maximum atomic E-state index is 11.6. The molecule has 10 N–H and O–H groups in total. The van der Waals surface area contributed by atoms with Crippen LogP contribution in [0.3, 0.4) is 0 Å². The van der Waals surface area contributed by atoms with Crippen molar-refractivity contribution in [2.24, 2.45) is 0 Å². The summed E-state index contributed by atoms with van der Waals surface area (Å²) in [6.45, 7) is 0.505. The Morgan fingerprint density at radius 2 is 1.43 bits per heavy atom. The highest BCUT2D eigenvalue weighted by Crippen LogP contribution is 2.33. The van der Waals surface area contributed by atoms with Gasteiger partial charge in [0, 0.05) is 6.92 Å². The molecular weight excluding hydrogens is 574 g/mol. The molecule has 234 valence electrons. The summed E-state index contributed by atoms with van der Waals surface area (Å²) in [5.41, 5.74) is 0. The molecule has 19 nitrogen and oxygen atoms in total. The average Bonchev–Trinajstić information content (AvgIpc) is 2.87. The van der Waals surface area contributed by atoms with E-state index in [0.29, 0.717) is 0 Å². The molecule has 3 rings (SSSR count). The van der Waals surface area contributed by atoms with Crippen molar-refractivity contribution in [3.63, 3.8) is 0 Å². The van der Waals surface area contributed by atoms with Gasteiger partial charge in [-0.1, -0.05) is 0 Å². The molecule has 1 unspecified atom stereocenters. The molecule has 0 spiro atoms. The van der Waals surface area contributed by atoms with Gasteiger partial charge in [-0.3, -0.25) is 9.35 Å². The number of nitrogens with one attached hydrogen (secondary N) is 1. The second-order valence-corrected chi connectivity index (χ2v) is 10.7. The van der Waals surface area contributed by atoms with Gasteiger partial charge in [0.2, 0.25) is 5.91 Å². The molecule has 3 heterocycles. The highest BCUT2D eigenvalue weighted by atomic mass is 32.3. The Hall–Kier alpha value is -1.18. The normalized spacial score (nSPS) is 46.6. The van der Waals surface area contributed by atoms with E-state index in [1.165, 1.54) is 6.92 Å². The van der Waals surface area contributed by atoms with Crippen LogP contribution in [0.5, 0.6) is 0 Å². The lowest BCUT2D eigenvalue weighted by molar-refractivity contribution is -0.381. The van der Waals surface area contributed by atoms with Crippen molar-refractivity contribution in [2.45, 2.75) is 106 Å². The van der Waals surface area contributed by atoms with E-state index in [1.54, 1.807) is 0 Å². The monoisotopic (exact) mass is 609 g/mol. The van der Waals surface area contributed by atoms with Gasteiger partial charge in [0.05, 0.1) is 19.3 Å². The molecule has 0 radical (unpaired) electrons.